The van der Waals surface area contributed by atoms with Gasteiger partial charge >= 0.3 is 0 Å². The van der Waals surface area contributed by atoms with Gasteiger partial charge in [-0.3, -0.25) is 4.79 Å². The van der Waals surface area contributed by atoms with Crippen molar-refractivity contribution < 1.29 is 9.53 Å². The Morgan fingerprint density at radius 1 is 1.47 bits per heavy atom. The number of rotatable bonds is 5. The Kier molecular flexibility index (Phi) is 5.02. The van der Waals surface area contributed by atoms with Gasteiger partial charge in [-0.1, -0.05) is 13.3 Å². The Labute approximate surface area is 101 Å². The molecular formula is C13H16N2O2. The van der Waals surface area contributed by atoms with Crippen molar-refractivity contribution in [2.45, 2.75) is 19.8 Å². The van der Waals surface area contributed by atoms with Gasteiger partial charge in [0.1, 0.15) is 11.7 Å². The van der Waals surface area contributed by atoms with Crippen molar-refractivity contribution in [1.29, 1.82) is 5.26 Å². The lowest BCUT2D eigenvalue weighted by atomic mass is 10.0. The first-order valence-corrected chi connectivity index (χ1v) is 5.55. The average molecular weight is 232 g/mol. The van der Waals surface area contributed by atoms with Gasteiger partial charge in [0.2, 0.25) is 5.91 Å². The molecule has 0 aliphatic carbocycles. The summed E-state index contributed by atoms with van der Waals surface area (Å²) in [5, 5.41) is 11.6. The number of nitriles is 1. The van der Waals surface area contributed by atoms with E-state index in [9.17, 15) is 4.79 Å². The predicted molar refractivity (Wildman–Crippen MR) is 65.6 cm³/mol. The Morgan fingerprint density at radius 2 is 2.12 bits per heavy atom. The van der Waals surface area contributed by atoms with Crippen molar-refractivity contribution in [3.63, 3.8) is 0 Å². The number of nitrogens with zero attached hydrogens (tertiary/aromatic N) is 1. The monoisotopic (exact) mass is 232 g/mol. The smallest absolute Gasteiger partial charge is 0.241 e. The lowest BCUT2D eigenvalue weighted by Gasteiger charge is -2.09. The van der Waals surface area contributed by atoms with E-state index in [0.29, 0.717) is 12.1 Å². The maximum atomic E-state index is 11.7. The van der Waals surface area contributed by atoms with E-state index in [1.54, 1.807) is 31.4 Å². The lowest BCUT2D eigenvalue weighted by molar-refractivity contribution is -0.118. The highest BCUT2D eigenvalue weighted by Gasteiger charge is 2.16. The maximum absolute atomic E-state index is 11.7. The largest absolute Gasteiger partial charge is 0.497 e. The number of nitrogens with one attached hydrogen (secondary N) is 1. The highest BCUT2D eigenvalue weighted by atomic mass is 16.5. The minimum absolute atomic E-state index is 0.250. The molecule has 0 saturated heterocycles. The molecule has 1 aromatic carbocycles. The van der Waals surface area contributed by atoms with Crippen molar-refractivity contribution >= 4 is 11.6 Å². The summed E-state index contributed by atoms with van der Waals surface area (Å²) in [6.45, 7) is 1.95. The van der Waals surface area contributed by atoms with Gasteiger partial charge in [0, 0.05) is 5.69 Å². The van der Waals surface area contributed by atoms with Crippen molar-refractivity contribution in [2.24, 2.45) is 5.92 Å². The fraction of sp³-hybridized carbons (Fsp3) is 0.385. The zero-order valence-corrected chi connectivity index (χ0v) is 10.1. The first-order valence-electron chi connectivity index (χ1n) is 5.55. The summed E-state index contributed by atoms with van der Waals surface area (Å²) in [5.41, 5.74) is 0.673. The van der Waals surface area contributed by atoms with E-state index in [2.05, 4.69) is 5.32 Å². The van der Waals surface area contributed by atoms with Crippen LogP contribution >= 0.6 is 0 Å². The summed E-state index contributed by atoms with van der Waals surface area (Å²) in [6.07, 6.45) is 1.40. The Morgan fingerprint density at radius 3 is 2.59 bits per heavy atom. The van der Waals surface area contributed by atoms with Gasteiger partial charge < -0.3 is 10.1 Å². The first kappa shape index (κ1) is 13.0. The number of carbonyl (C=O) groups is 1. The molecule has 1 atom stereocenters. The maximum Gasteiger partial charge on any atom is 0.241 e. The molecule has 1 rings (SSSR count). The van der Waals surface area contributed by atoms with Crippen LogP contribution in [0.5, 0.6) is 5.75 Å². The van der Waals surface area contributed by atoms with E-state index in [1.807, 2.05) is 13.0 Å². The van der Waals surface area contributed by atoms with E-state index in [0.717, 1.165) is 12.2 Å². The van der Waals surface area contributed by atoms with Crippen LogP contribution in [0.4, 0.5) is 5.69 Å². The Hall–Kier alpha value is -2.02. The molecule has 1 amide bonds. The van der Waals surface area contributed by atoms with Crippen LogP contribution in [0.3, 0.4) is 0 Å². The molecule has 0 spiro atoms. The molecule has 0 aromatic heterocycles. The van der Waals surface area contributed by atoms with Gasteiger partial charge in [-0.25, -0.2) is 0 Å². The number of anilines is 1. The van der Waals surface area contributed by atoms with E-state index in [-0.39, 0.29) is 5.91 Å². The molecule has 4 nitrogen and oxygen atoms in total. The SMILES string of the molecule is CCCC(C#N)C(=O)Nc1ccc(OC)cc1. The number of hydrogen-bond acceptors (Lipinski definition) is 3. The standard InChI is InChI=1S/C13H16N2O2/c1-3-4-10(9-14)13(16)15-11-5-7-12(17-2)8-6-11/h5-8,10H,3-4H2,1-2H3,(H,15,16). The van der Waals surface area contributed by atoms with Gasteiger partial charge in [-0.15, -0.1) is 0 Å². The number of benzene rings is 1. The predicted octanol–water partition coefficient (Wildman–Crippen LogP) is 2.57. The van der Waals surface area contributed by atoms with Gasteiger partial charge in [-0.05, 0) is 30.7 Å². The van der Waals surface area contributed by atoms with E-state index < -0.39 is 5.92 Å². The molecule has 0 saturated carbocycles. The Bertz CT molecular complexity index is 406. The molecule has 1 N–H and O–H groups in total. The zero-order valence-electron chi connectivity index (χ0n) is 10.1. The summed E-state index contributed by atoms with van der Waals surface area (Å²) < 4.78 is 5.02. The zero-order chi connectivity index (χ0) is 12.7. The van der Waals surface area contributed by atoms with Crippen LogP contribution < -0.4 is 10.1 Å². The molecule has 90 valence electrons. The average Bonchev–Trinajstić information content (AvgIpc) is 2.36. The van der Waals surface area contributed by atoms with Gasteiger partial charge in [0.15, 0.2) is 0 Å². The molecule has 0 aliphatic heterocycles. The highest BCUT2D eigenvalue weighted by molar-refractivity contribution is 5.94. The van der Waals surface area contributed by atoms with E-state index in [4.69, 9.17) is 10.00 Å². The first-order chi connectivity index (χ1) is 8.21. The normalized spacial score (nSPS) is 11.4. The molecule has 1 aromatic rings. The van der Waals surface area contributed by atoms with Gasteiger partial charge in [0.25, 0.3) is 0 Å². The van der Waals surface area contributed by atoms with Crippen molar-refractivity contribution in [3.8, 4) is 11.8 Å². The molecule has 17 heavy (non-hydrogen) atoms. The van der Waals surface area contributed by atoms with Crippen LogP contribution in [0.25, 0.3) is 0 Å². The molecular weight excluding hydrogens is 216 g/mol. The second-order valence-electron chi connectivity index (χ2n) is 3.69. The minimum Gasteiger partial charge on any atom is -0.497 e. The summed E-state index contributed by atoms with van der Waals surface area (Å²) >= 11 is 0. The second-order valence-corrected chi connectivity index (χ2v) is 3.69. The van der Waals surface area contributed by atoms with Gasteiger partial charge in [0.05, 0.1) is 13.2 Å². The third kappa shape index (κ3) is 3.80. The minimum atomic E-state index is -0.581. The summed E-state index contributed by atoms with van der Waals surface area (Å²) in [6, 6.07) is 9.02. The fourth-order valence-corrected chi connectivity index (χ4v) is 1.45. The van der Waals surface area contributed by atoms with E-state index in [1.165, 1.54) is 0 Å². The van der Waals surface area contributed by atoms with Crippen LogP contribution in [0.15, 0.2) is 24.3 Å². The molecule has 0 radical (unpaired) electrons. The van der Waals surface area contributed by atoms with Crippen LogP contribution in [-0.4, -0.2) is 13.0 Å². The lowest BCUT2D eigenvalue weighted by Crippen LogP contribution is -2.21. The van der Waals surface area contributed by atoms with Crippen molar-refractivity contribution in [1.82, 2.24) is 0 Å². The summed E-state index contributed by atoms with van der Waals surface area (Å²) in [4.78, 5) is 11.7. The quantitative estimate of drug-likeness (QED) is 0.848. The van der Waals surface area contributed by atoms with Crippen molar-refractivity contribution in [2.75, 3.05) is 12.4 Å². The topological polar surface area (TPSA) is 62.1 Å². The van der Waals surface area contributed by atoms with Crippen LogP contribution in [0.2, 0.25) is 0 Å². The number of methoxy groups -OCH3 is 1. The molecule has 0 bridgehead atoms. The van der Waals surface area contributed by atoms with Crippen LogP contribution in [-0.2, 0) is 4.79 Å². The molecule has 1 unspecified atom stereocenters. The third-order valence-electron chi connectivity index (χ3n) is 2.41. The molecule has 4 heteroatoms. The number of hydrogen-bond donors (Lipinski definition) is 1. The van der Waals surface area contributed by atoms with Crippen molar-refractivity contribution in [3.05, 3.63) is 24.3 Å². The van der Waals surface area contributed by atoms with E-state index >= 15 is 0 Å². The Balaban J connectivity index is 2.64. The molecule has 0 aliphatic rings. The summed E-state index contributed by atoms with van der Waals surface area (Å²) in [5.74, 6) is -0.102. The summed E-state index contributed by atoms with van der Waals surface area (Å²) in [7, 11) is 1.58. The molecule has 0 heterocycles. The highest BCUT2D eigenvalue weighted by Crippen LogP contribution is 2.16. The van der Waals surface area contributed by atoms with Crippen LogP contribution in [0, 0.1) is 17.2 Å². The number of carbonyl (C=O) groups excluding carboxylic acids is 1. The van der Waals surface area contributed by atoms with Crippen LogP contribution in [0.1, 0.15) is 19.8 Å². The fourth-order valence-electron chi connectivity index (χ4n) is 1.45. The van der Waals surface area contributed by atoms with Gasteiger partial charge in [-0.2, -0.15) is 5.26 Å². The third-order valence-corrected chi connectivity index (χ3v) is 2.41. The second kappa shape index (κ2) is 6.54. The molecule has 0 fully saturated rings. The number of amides is 1. The number of ether oxygens (including phenoxy) is 1.